The third kappa shape index (κ3) is 6.08. The maximum absolute atomic E-state index is 12.9. The largest absolute Gasteiger partial charge is 0.490 e. The Morgan fingerprint density at radius 1 is 1.02 bits per heavy atom. The van der Waals surface area contributed by atoms with Crippen LogP contribution in [0, 0.1) is 0 Å². The Balaban J connectivity index is 1.12. The van der Waals surface area contributed by atoms with Crippen LogP contribution in [0.2, 0.25) is 0 Å². The predicted octanol–water partition coefficient (Wildman–Crippen LogP) is 3.13. The van der Waals surface area contributed by atoms with Crippen LogP contribution in [0.15, 0.2) is 42.5 Å². The Bertz CT molecular complexity index is 1360. The highest BCUT2D eigenvalue weighted by Crippen LogP contribution is 2.30. The molecule has 0 radical (unpaired) electrons. The second-order valence-corrected chi connectivity index (χ2v) is 11.3. The Morgan fingerprint density at radius 2 is 1.75 bits per heavy atom. The number of alkyl carbamates (subject to hydrolysis) is 1. The number of amides is 5. The second kappa shape index (κ2) is 10.6. The summed E-state index contributed by atoms with van der Waals surface area (Å²) in [4.78, 5) is 62.8. The number of carbonyl (C=O) groups excluding carboxylic acids is 5. The van der Waals surface area contributed by atoms with Crippen molar-refractivity contribution in [1.29, 1.82) is 0 Å². The molecule has 3 N–H and O–H groups in total. The van der Waals surface area contributed by atoms with Crippen LogP contribution in [0.3, 0.4) is 0 Å². The number of anilines is 1. The number of piperidine rings is 1. The van der Waals surface area contributed by atoms with E-state index in [0.717, 1.165) is 0 Å². The van der Waals surface area contributed by atoms with Crippen LogP contribution in [0.25, 0.3) is 0 Å². The van der Waals surface area contributed by atoms with Gasteiger partial charge in [0.1, 0.15) is 23.5 Å². The molecule has 11 heteroatoms. The van der Waals surface area contributed by atoms with E-state index in [4.69, 9.17) is 9.47 Å². The van der Waals surface area contributed by atoms with Crippen molar-refractivity contribution in [3.05, 3.63) is 59.2 Å². The summed E-state index contributed by atoms with van der Waals surface area (Å²) < 4.78 is 11.2. The molecule has 2 aliphatic heterocycles. The summed E-state index contributed by atoms with van der Waals surface area (Å²) in [5, 5.41) is 7.97. The van der Waals surface area contributed by atoms with Gasteiger partial charge in [-0.2, -0.15) is 0 Å². The number of imide groups is 1. The van der Waals surface area contributed by atoms with Crippen LogP contribution in [0.4, 0.5) is 10.5 Å². The molecular weight excluding hydrogens is 516 g/mol. The Kier molecular flexibility index (Phi) is 7.22. The highest BCUT2D eigenvalue weighted by Gasteiger charge is 2.39. The maximum atomic E-state index is 12.9. The van der Waals surface area contributed by atoms with Gasteiger partial charge in [0.05, 0.1) is 0 Å². The van der Waals surface area contributed by atoms with Crippen molar-refractivity contribution in [3.8, 4) is 5.75 Å². The molecule has 3 aliphatic rings. The monoisotopic (exact) mass is 548 g/mol. The van der Waals surface area contributed by atoms with Gasteiger partial charge >= 0.3 is 6.09 Å². The fourth-order valence-electron chi connectivity index (χ4n) is 4.99. The molecule has 2 fully saturated rings. The summed E-state index contributed by atoms with van der Waals surface area (Å²) in [6.45, 7) is 5.67. The van der Waals surface area contributed by atoms with Gasteiger partial charge in [-0.1, -0.05) is 0 Å². The van der Waals surface area contributed by atoms with E-state index in [2.05, 4.69) is 16.0 Å². The van der Waals surface area contributed by atoms with E-state index in [1.54, 1.807) is 42.5 Å². The van der Waals surface area contributed by atoms with Gasteiger partial charge in [-0.05, 0) is 75.2 Å². The summed E-state index contributed by atoms with van der Waals surface area (Å²) in [5.74, 6) is -0.756. The summed E-state index contributed by atoms with van der Waals surface area (Å²) >= 11 is 0. The number of benzene rings is 2. The molecule has 2 aromatic rings. The number of rotatable bonds is 6. The lowest BCUT2D eigenvalue weighted by molar-refractivity contribution is -0.136. The van der Waals surface area contributed by atoms with Crippen LogP contribution < -0.4 is 20.7 Å². The SMILES string of the molecule is CC(C)(C)OC(=O)N[C@H]1C[C@@H](Oc2ccc(C(=O)Nc3ccc4c(c3)CN(C3CCC(=O)NC3=O)C4=O)cc2)C1. The van der Waals surface area contributed by atoms with Gasteiger partial charge in [0.15, 0.2) is 0 Å². The molecule has 2 aromatic carbocycles. The van der Waals surface area contributed by atoms with Crippen molar-refractivity contribution in [3.63, 3.8) is 0 Å². The van der Waals surface area contributed by atoms with Crippen LogP contribution in [-0.4, -0.2) is 58.4 Å². The first-order valence-electron chi connectivity index (χ1n) is 13.3. The van der Waals surface area contributed by atoms with Crippen LogP contribution in [-0.2, 0) is 20.9 Å². The fraction of sp³-hybridized carbons (Fsp3) is 0.414. The molecule has 5 amide bonds. The van der Waals surface area contributed by atoms with Gasteiger partial charge in [-0.15, -0.1) is 0 Å². The first kappa shape index (κ1) is 27.2. The molecule has 0 spiro atoms. The van der Waals surface area contributed by atoms with Crippen LogP contribution in [0.5, 0.6) is 5.75 Å². The number of nitrogens with one attached hydrogen (secondary N) is 3. The number of hydrogen-bond acceptors (Lipinski definition) is 7. The molecule has 1 aliphatic carbocycles. The standard InChI is InChI=1S/C29H32N4O7/c1-29(2,3)40-28(38)31-19-13-21(14-19)39-20-7-4-16(5-8-20)25(35)30-18-6-9-22-17(12-18)15-33(27(22)37)23-10-11-24(34)32-26(23)36/h4-9,12,19,21,23H,10-11,13-15H2,1-3H3,(H,30,35)(H,31,38)(H,32,34,36)/t19-,21+,23?. The lowest BCUT2D eigenvalue weighted by Gasteiger charge is -2.36. The third-order valence-electron chi connectivity index (χ3n) is 7.02. The quantitative estimate of drug-likeness (QED) is 0.471. The molecule has 40 heavy (non-hydrogen) atoms. The van der Waals surface area contributed by atoms with Gasteiger partial charge in [0, 0.05) is 48.7 Å². The normalized spacial score (nSPS) is 22.1. The van der Waals surface area contributed by atoms with E-state index in [1.165, 1.54) is 4.90 Å². The van der Waals surface area contributed by atoms with E-state index in [9.17, 15) is 24.0 Å². The van der Waals surface area contributed by atoms with Crippen molar-refractivity contribution >= 4 is 35.4 Å². The lowest BCUT2D eigenvalue weighted by Crippen LogP contribution is -2.52. The molecule has 0 bridgehead atoms. The topological polar surface area (TPSA) is 143 Å². The molecular formula is C29H32N4O7. The van der Waals surface area contributed by atoms with Crippen LogP contribution in [0.1, 0.15) is 72.7 Å². The van der Waals surface area contributed by atoms with E-state index < -0.39 is 23.6 Å². The van der Waals surface area contributed by atoms with Gasteiger partial charge < -0.3 is 25.0 Å². The first-order chi connectivity index (χ1) is 18.9. The average molecular weight is 549 g/mol. The average Bonchev–Trinajstić information content (AvgIpc) is 3.17. The minimum atomic E-state index is -0.691. The Hall–Kier alpha value is -4.41. The van der Waals surface area contributed by atoms with Crippen molar-refractivity contribution in [2.75, 3.05) is 5.32 Å². The smallest absolute Gasteiger partial charge is 0.407 e. The highest BCUT2D eigenvalue weighted by atomic mass is 16.6. The van der Waals surface area contributed by atoms with E-state index in [0.29, 0.717) is 41.0 Å². The van der Waals surface area contributed by atoms with Crippen LogP contribution >= 0.6 is 0 Å². The summed E-state index contributed by atoms with van der Waals surface area (Å²) in [6.07, 6.45) is 1.35. The number of fused-ring (bicyclic) bond motifs is 1. The Morgan fingerprint density at radius 3 is 2.42 bits per heavy atom. The van der Waals surface area contributed by atoms with Crippen molar-refractivity contribution in [2.45, 2.75) is 76.8 Å². The fourth-order valence-corrected chi connectivity index (χ4v) is 4.99. The first-order valence-corrected chi connectivity index (χ1v) is 13.3. The van der Waals surface area contributed by atoms with Crippen molar-refractivity contribution < 1.29 is 33.4 Å². The van der Waals surface area contributed by atoms with Gasteiger partial charge in [0.2, 0.25) is 11.8 Å². The summed E-state index contributed by atoms with van der Waals surface area (Å²) in [5.41, 5.74) is 1.60. The second-order valence-electron chi connectivity index (χ2n) is 11.3. The molecule has 0 aromatic heterocycles. The molecule has 210 valence electrons. The van der Waals surface area contributed by atoms with Gasteiger partial charge in [0.25, 0.3) is 11.8 Å². The Labute approximate surface area is 231 Å². The molecule has 5 rings (SSSR count). The lowest BCUT2D eigenvalue weighted by atomic mass is 9.89. The van der Waals surface area contributed by atoms with Crippen molar-refractivity contribution in [1.82, 2.24) is 15.5 Å². The summed E-state index contributed by atoms with van der Waals surface area (Å²) in [7, 11) is 0. The number of carbonyl (C=O) groups is 5. The molecule has 1 saturated carbocycles. The summed E-state index contributed by atoms with van der Waals surface area (Å²) in [6, 6.07) is 11.1. The molecule has 2 heterocycles. The zero-order valence-corrected chi connectivity index (χ0v) is 22.6. The van der Waals surface area contributed by atoms with Gasteiger partial charge in [-0.3, -0.25) is 24.5 Å². The number of nitrogens with zero attached hydrogens (tertiary/aromatic N) is 1. The third-order valence-corrected chi connectivity index (χ3v) is 7.02. The minimum absolute atomic E-state index is 0.00335. The molecule has 1 saturated heterocycles. The van der Waals surface area contributed by atoms with Gasteiger partial charge in [-0.25, -0.2) is 4.79 Å². The highest BCUT2D eigenvalue weighted by molar-refractivity contribution is 6.07. The predicted molar refractivity (Wildman–Crippen MR) is 144 cm³/mol. The molecule has 11 nitrogen and oxygen atoms in total. The number of hydrogen-bond donors (Lipinski definition) is 3. The zero-order chi connectivity index (χ0) is 28.6. The van der Waals surface area contributed by atoms with E-state index in [-0.39, 0.29) is 49.3 Å². The van der Waals surface area contributed by atoms with Crippen molar-refractivity contribution in [2.24, 2.45) is 0 Å². The maximum Gasteiger partial charge on any atom is 0.407 e. The minimum Gasteiger partial charge on any atom is -0.490 e. The molecule has 1 atom stereocenters. The molecule has 1 unspecified atom stereocenters. The number of ether oxygens (including phenoxy) is 2. The zero-order valence-electron chi connectivity index (χ0n) is 22.6. The van der Waals surface area contributed by atoms with E-state index >= 15 is 0 Å². The van der Waals surface area contributed by atoms with E-state index in [1.807, 2.05) is 20.8 Å².